The lowest BCUT2D eigenvalue weighted by atomic mass is 10.0. The van der Waals surface area contributed by atoms with Crippen molar-refractivity contribution < 1.29 is 9.53 Å². The Bertz CT molecular complexity index is 608. The first-order valence-electron chi connectivity index (χ1n) is 7.48. The Balaban J connectivity index is 1.96. The largest absolute Gasteiger partial charge is 0.460 e. The van der Waals surface area contributed by atoms with E-state index in [0.29, 0.717) is 6.61 Å². The van der Waals surface area contributed by atoms with Gasteiger partial charge in [0.15, 0.2) is 0 Å². The monoisotopic (exact) mass is 360 g/mol. The summed E-state index contributed by atoms with van der Waals surface area (Å²) in [5, 5.41) is 0. The number of hydrogen-bond donors (Lipinski definition) is 0. The summed E-state index contributed by atoms with van der Waals surface area (Å²) in [4.78, 5) is 11.6. The number of benzene rings is 2. The number of carbonyl (C=O) groups is 1. The second kappa shape index (κ2) is 8.14. The van der Waals surface area contributed by atoms with Gasteiger partial charge in [-0.1, -0.05) is 84.4 Å². The van der Waals surface area contributed by atoms with Crippen molar-refractivity contribution in [1.82, 2.24) is 0 Å². The first-order chi connectivity index (χ1) is 10.6. The fraction of sp³-hybridized carbons (Fsp3) is 0.316. The van der Waals surface area contributed by atoms with Crippen LogP contribution in [0.5, 0.6) is 0 Å². The van der Waals surface area contributed by atoms with Gasteiger partial charge < -0.3 is 4.74 Å². The molecule has 2 nitrogen and oxygen atoms in total. The predicted molar refractivity (Wildman–Crippen MR) is 93.0 cm³/mol. The maximum atomic E-state index is 11.9. The van der Waals surface area contributed by atoms with E-state index in [-0.39, 0.29) is 16.7 Å². The highest BCUT2D eigenvalue weighted by molar-refractivity contribution is 9.10. The van der Waals surface area contributed by atoms with Crippen molar-refractivity contribution >= 4 is 21.9 Å². The Morgan fingerprint density at radius 1 is 1.00 bits per heavy atom. The minimum absolute atomic E-state index is 0.205. The summed E-state index contributed by atoms with van der Waals surface area (Å²) in [7, 11) is 0. The molecular formula is C19H21BrO2. The molecule has 2 rings (SSSR count). The molecule has 0 aliphatic carbocycles. The summed E-state index contributed by atoms with van der Waals surface area (Å²) in [6, 6.07) is 18.5. The van der Waals surface area contributed by atoms with E-state index in [1.165, 1.54) is 11.1 Å². The number of esters is 1. The molecule has 0 saturated carbocycles. The van der Waals surface area contributed by atoms with Gasteiger partial charge in [0, 0.05) is 0 Å². The predicted octanol–water partition coefficient (Wildman–Crippen LogP) is 4.74. The zero-order valence-electron chi connectivity index (χ0n) is 13.0. The highest BCUT2D eigenvalue weighted by Crippen LogP contribution is 2.16. The van der Waals surface area contributed by atoms with Crippen LogP contribution in [0.3, 0.4) is 0 Å². The Hall–Kier alpha value is -1.61. The molecule has 0 fully saturated rings. The second-order valence-electron chi connectivity index (χ2n) is 5.74. The summed E-state index contributed by atoms with van der Waals surface area (Å²) in [5.74, 6) is 0.0142. The van der Waals surface area contributed by atoms with Gasteiger partial charge in [0.2, 0.25) is 0 Å². The molecule has 0 spiro atoms. The van der Waals surface area contributed by atoms with E-state index in [1.807, 2.05) is 44.2 Å². The fourth-order valence-electron chi connectivity index (χ4n) is 2.17. The molecule has 116 valence electrons. The van der Waals surface area contributed by atoms with E-state index in [1.54, 1.807) is 0 Å². The van der Waals surface area contributed by atoms with Crippen molar-refractivity contribution in [2.24, 2.45) is 5.92 Å². The molecule has 0 amide bonds. The third-order valence-electron chi connectivity index (χ3n) is 3.43. The van der Waals surface area contributed by atoms with Crippen LogP contribution in [0.4, 0.5) is 0 Å². The van der Waals surface area contributed by atoms with Gasteiger partial charge in [0.25, 0.3) is 0 Å². The van der Waals surface area contributed by atoms with E-state index in [0.717, 1.165) is 12.0 Å². The van der Waals surface area contributed by atoms with Gasteiger partial charge in [-0.15, -0.1) is 0 Å². The smallest absolute Gasteiger partial charge is 0.320 e. The highest BCUT2D eigenvalue weighted by Gasteiger charge is 2.20. The molecule has 0 aromatic heterocycles. The molecule has 0 N–H and O–H groups in total. The average Bonchev–Trinajstić information content (AvgIpc) is 2.53. The molecule has 0 heterocycles. The van der Waals surface area contributed by atoms with E-state index >= 15 is 0 Å². The number of halogens is 1. The third-order valence-corrected chi connectivity index (χ3v) is 4.87. The maximum Gasteiger partial charge on any atom is 0.320 e. The summed E-state index contributed by atoms with van der Waals surface area (Å²) >= 11 is 3.37. The second-order valence-corrected chi connectivity index (χ2v) is 6.72. The van der Waals surface area contributed by atoms with E-state index < -0.39 is 0 Å². The van der Waals surface area contributed by atoms with Crippen molar-refractivity contribution in [3.8, 4) is 0 Å². The molecule has 0 radical (unpaired) electrons. The zero-order chi connectivity index (χ0) is 15.9. The maximum absolute atomic E-state index is 11.9. The number of carbonyl (C=O) groups excluding carboxylic acids is 1. The standard InChI is InChI=1S/C19H21BrO2/c1-14(2)18(20)19(21)22-13-17-10-6-9-16(12-17)11-15-7-4-3-5-8-15/h3-10,12,14,18H,11,13H2,1-2H3. The van der Waals surface area contributed by atoms with E-state index in [9.17, 15) is 4.79 Å². The average molecular weight is 361 g/mol. The van der Waals surface area contributed by atoms with Gasteiger partial charge in [0.05, 0.1) is 0 Å². The molecule has 2 aromatic carbocycles. The molecule has 3 heteroatoms. The molecule has 2 aromatic rings. The SMILES string of the molecule is CC(C)C(Br)C(=O)OCc1cccc(Cc2ccccc2)c1. The summed E-state index contributed by atoms with van der Waals surface area (Å²) in [6.07, 6.45) is 0.885. The van der Waals surface area contributed by atoms with Crippen LogP contribution in [-0.4, -0.2) is 10.8 Å². The van der Waals surface area contributed by atoms with Crippen LogP contribution >= 0.6 is 15.9 Å². The first kappa shape index (κ1) is 16.8. The molecule has 0 aliphatic heterocycles. The zero-order valence-corrected chi connectivity index (χ0v) is 14.5. The Morgan fingerprint density at radius 3 is 2.32 bits per heavy atom. The summed E-state index contributed by atoms with van der Waals surface area (Å²) in [5.41, 5.74) is 3.52. The lowest BCUT2D eigenvalue weighted by molar-refractivity contribution is -0.144. The van der Waals surface area contributed by atoms with Crippen LogP contribution in [0.2, 0.25) is 0 Å². The number of alkyl halides is 1. The van der Waals surface area contributed by atoms with E-state index in [2.05, 4.69) is 40.2 Å². The van der Waals surface area contributed by atoms with Crippen LogP contribution in [-0.2, 0) is 22.6 Å². The third kappa shape index (κ3) is 4.99. The Morgan fingerprint density at radius 2 is 1.64 bits per heavy atom. The number of rotatable bonds is 6. The van der Waals surface area contributed by atoms with Crippen molar-refractivity contribution in [3.63, 3.8) is 0 Å². The number of ether oxygens (including phenoxy) is 1. The summed E-state index contributed by atoms with van der Waals surface area (Å²) in [6.45, 7) is 4.29. The lowest BCUT2D eigenvalue weighted by Gasteiger charge is -2.13. The van der Waals surface area contributed by atoms with Crippen molar-refractivity contribution in [3.05, 3.63) is 71.3 Å². The molecule has 0 bridgehead atoms. The quantitative estimate of drug-likeness (QED) is 0.549. The number of hydrogen-bond acceptors (Lipinski definition) is 2. The Labute approximate surface area is 140 Å². The normalized spacial score (nSPS) is 12.2. The van der Waals surface area contributed by atoms with Crippen molar-refractivity contribution in [1.29, 1.82) is 0 Å². The topological polar surface area (TPSA) is 26.3 Å². The van der Waals surface area contributed by atoms with Gasteiger partial charge in [-0.2, -0.15) is 0 Å². The summed E-state index contributed by atoms with van der Waals surface area (Å²) < 4.78 is 5.37. The van der Waals surface area contributed by atoms with Crippen molar-refractivity contribution in [2.45, 2.75) is 31.7 Å². The Kier molecular flexibility index (Phi) is 6.20. The molecule has 1 unspecified atom stereocenters. The molecule has 0 aliphatic rings. The molecule has 0 saturated heterocycles. The van der Waals surface area contributed by atoms with Crippen molar-refractivity contribution in [2.75, 3.05) is 0 Å². The van der Waals surface area contributed by atoms with Crippen LogP contribution in [0.15, 0.2) is 54.6 Å². The van der Waals surface area contributed by atoms with Gasteiger partial charge in [0.1, 0.15) is 11.4 Å². The minimum atomic E-state index is -0.250. The van der Waals surface area contributed by atoms with Crippen LogP contribution < -0.4 is 0 Å². The van der Waals surface area contributed by atoms with Gasteiger partial charge in [-0.25, -0.2) is 0 Å². The molecule has 22 heavy (non-hydrogen) atoms. The van der Waals surface area contributed by atoms with E-state index in [4.69, 9.17) is 4.74 Å². The molecular weight excluding hydrogens is 340 g/mol. The van der Waals surface area contributed by atoms with Crippen LogP contribution in [0.1, 0.15) is 30.5 Å². The minimum Gasteiger partial charge on any atom is -0.460 e. The van der Waals surface area contributed by atoms with Gasteiger partial charge >= 0.3 is 5.97 Å². The fourth-order valence-corrected chi connectivity index (χ4v) is 2.30. The van der Waals surface area contributed by atoms with Crippen LogP contribution in [0, 0.1) is 5.92 Å². The first-order valence-corrected chi connectivity index (χ1v) is 8.40. The van der Waals surface area contributed by atoms with Gasteiger partial charge in [-0.3, -0.25) is 4.79 Å². The van der Waals surface area contributed by atoms with Crippen LogP contribution in [0.25, 0.3) is 0 Å². The van der Waals surface area contributed by atoms with Gasteiger partial charge in [-0.05, 0) is 29.0 Å². The molecule has 1 atom stereocenters. The lowest BCUT2D eigenvalue weighted by Crippen LogP contribution is -2.22. The highest BCUT2D eigenvalue weighted by atomic mass is 79.9.